The quantitative estimate of drug-likeness (QED) is 0.718. The summed E-state index contributed by atoms with van der Waals surface area (Å²) < 4.78 is 0. The molecule has 18 heavy (non-hydrogen) atoms. The Morgan fingerprint density at radius 2 is 1.61 bits per heavy atom. The van der Waals surface area contributed by atoms with E-state index in [9.17, 15) is 5.11 Å². The van der Waals surface area contributed by atoms with Crippen LogP contribution in [0, 0.1) is 0 Å². The van der Waals surface area contributed by atoms with Crippen molar-refractivity contribution < 1.29 is 5.11 Å². The molecule has 3 aromatic rings. The average Bonchev–Trinajstić information content (AvgIpc) is 2.90. The third-order valence-electron chi connectivity index (χ3n) is 2.56. The van der Waals surface area contributed by atoms with Gasteiger partial charge in [0, 0.05) is 23.5 Å². The Kier molecular flexibility index (Phi) is 2.49. The largest absolute Gasteiger partial charge is 0.508 e. The first-order valence-corrected chi connectivity index (χ1v) is 5.45. The zero-order valence-corrected chi connectivity index (χ0v) is 9.41. The van der Waals surface area contributed by atoms with Gasteiger partial charge in [-0.1, -0.05) is 0 Å². The number of nitrogens with zero attached hydrogens (tertiary/aromatic N) is 3. The van der Waals surface area contributed by atoms with Gasteiger partial charge in [-0.25, -0.2) is 4.98 Å². The van der Waals surface area contributed by atoms with Crippen molar-refractivity contribution in [3.05, 3.63) is 48.8 Å². The minimum absolute atomic E-state index is 0.226. The minimum Gasteiger partial charge on any atom is -0.508 e. The number of pyridine rings is 1. The first-order chi connectivity index (χ1) is 8.83. The number of H-pyrrole nitrogens is 1. The van der Waals surface area contributed by atoms with Gasteiger partial charge in [-0.2, -0.15) is 5.10 Å². The maximum Gasteiger partial charge on any atom is 0.181 e. The predicted octanol–water partition coefficient (Wildman–Crippen LogP) is 2.24. The van der Waals surface area contributed by atoms with Crippen molar-refractivity contribution >= 4 is 0 Å². The van der Waals surface area contributed by atoms with Crippen LogP contribution in [-0.4, -0.2) is 25.3 Å². The van der Waals surface area contributed by atoms with Gasteiger partial charge in [-0.05, 0) is 36.4 Å². The summed E-state index contributed by atoms with van der Waals surface area (Å²) in [6.45, 7) is 0. The number of phenolic OH excluding ortho intramolecular Hbond substituents is 1. The van der Waals surface area contributed by atoms with Crippen LogP contribution in [0.4, 0.5) is 0 Å². The van der Waals surface area contributed by atoms with Gasteiger partial charge in [-0.3, -0.25) is 10.1 Å². The topological polar surface area (TPSA) is 74.7 Å². The van der Waals surface area contributed by atoms with Gasteiger partial charge in [0.2, 0.25) is 0 Å². The van der Waals surface area contributed by atoms with E-state index < -0.39 is 0 Å². The number of hydrogen-bond donors (Lipinski definition) is 2. The molecule has 0 radical (unpaired) electrons. The van der Waals surface area contributed by atoms with Crippen LogP contribution >= 0.6 is 0 Å². The maximum atomic E-state index is 9.23. The van der Waals surface area contributed by atoms with Gasteiger partial charge >= 0.3 is 0 Å². The van der Waals surface area contributed by atoms with E-state index >= 15 is 0 Å². The van der Waals surface area contributed by atoms with Crippen molar-refractivity contribution in [2.75, 3.05) is 0 Å². The second-order valence-corrected chi connectivity index (χ2v) is 3.79. The van der Waals surface area contributed by atoms with Crippen molar-refractivity contribution in [3.63, 3.8) is 0 Å². The molecule has 2 N–H and O–H groups in total. The summed E-state index contributed by atoms with van der Waals surface area (Å²) in [7, 11) is 0. The number of rotatable bonds is 2. The van der Waals surface area contributed by atoms with Crippen LogP contribution in [0.5, 0.6) is 5.75 Å². The number of aromatic amines is 1. The van der Waals surface area contributed by atoms with Crippen molar-refractivity contribution in [1.82, 2.24) is 20.2 Å². The molecule has 0 spiro atoms. The summed E-state index contributed by atoms with van der Waals surface area (Å²) in [4.78, 5) is 8.36. The zero-order chi connectivity index (χ0) is 12.4. The van der Waals surface area contributed by atoms with Gasteiger partial charge in [0.15, 0.2) is 11.6 Å². The molecule has 0 saturated heterocycles. The normalized spacial score (nSPS) is 10.4. The average molecular weight is 238 g/mol. The van der Waals surface area contributed by atoms with E-state index in [4.69, 9.17) is 0 Å². The Morgan fingerprint density at radius 1 is 0.889 bits per heavy atom. The molecule has 2 heterocycles. The van der Waals surface area contributed by atoms with E-state index in [1.165, 1.54) is 0 Å². The Balaban J connectivity index is 1.97. The highest BCUT2D eigenvalue weighted by Gasteiger charge is 2.07. The molecule has 0 atom stereocenters. The van der Waals surface area contributed by atoms with Crippen LogP contribution in [0.25, 0.3) is 22.8 Å². The molecule has 1 aromatic carbocycles. The first kappa shape index (κ1) is 10.5. The molecule has 0 aliphatic heterocycles. The van der Waals surface area contributed by atoms with E-state index in [1.54, 1.807) is 36.7 Å². The molecular formula is C13H10N4O. The van der Waals surface area contributed by atoms with Crippen LogP contribution in [0.15, 0.2) is 48.8 Å². The number of benzene rings is 1. The van der Waals surface area contributed by atoms with E-state index in [-0.39, 0.29) is 5.75 Å². The van der Waals surface area contributed by atoms with Crippen molar-refractivity contribution in [2.45, 2.75) is 0 Å². The third kappa shape index (κ3) is 1.93. The summed E-state index contributed by atoms with van der Waals surface area (Å²) in [6.07, 6.45) is 3.41. The van der Waals surface area contributed by atoms with Crippen LogP contribution in [0.1, 0.15) is 0 Å². The van der Waals surface area contributed by atoms with Gasteiger partial charge in [-0.15, -0.1) is 0 Å². The van der Waals surface area contributed by atoms with Crippen LogP contribution in [-0.2, 0) is 0 Å². The molecule has 2 aromatic heterocycles. The molecule has 0 amide bonds. The fraction of sp³-hybridized carbons (Fsp3) is 0. The molecule has 0 saturated carbocycles. The number of aromatic hydroxyl groups is 1. The van der Waals surface area contributed by atoms with E-state index in [2.05, 4.69) is 20.2 Å². The number of hydrogen-bond acceptors (Lipinski definition) is 4. The highest BCUT2D eigenvalue weighted by molar-refractivity contribution is 5.61. The molecule has 0 aliphatic rings. The van der Waals surface area contributed by atoms with Crippen LogP contribution in [0.2, 0.25) is 0 Å². The SMILES string of the molecule is Oc1ccc(-c2n[nH]c(-c3ccncc3)n2)cc1. The smallest absolute Gasteiger partial charge is 0.181 e. The summed E-state index contributed by atoms with van der Waals surface area (Å²) in [5, 5.41) is 16.3. The Bertz CT molecular complexity index is 646. The van der Waals surface area contributed by atoms with Crippen LogP contribution in [0.3, 0.4) is 0 Å². The van der Waals surface area contributed by atoms with E-state index in [1.807, 2.05) is 12.1 Å². The fourth-order valence-corrected chi connectivity index (χ4v) is 1.64. The van der Waals surface area contributed by atoms with Gasteiger partial charge in [0.05, 0.1) is 0 Å². The maximum absolute atomic E-state index is 9.23. The summed E-state index contributed by atoms with van der Waals surface area (Å²) in [5.41, 5.74) is 1.78. The Hall–Kier alpha value is -2.69. The predicted molar refractivity (Wildman–Crippen MR) is 66.7 cm³/mol. The summed E-state index contributed by atoms with van der Waals surface area (Å²) in [5.74, 6) is 1.52. The van der Waals surface area contributed by atoms with Gasteiger partial charge in [0.25, 0.3) is 0 Å². The van der Waals surface area contributed by atoms with Crippen molar-refractivity contribution in [1.29, 1.82) is 0 Å². The van der Waals surface area contributed by atoms with E-state index in [0.29, 0.717) is 11.6 Å². The molecule has 5 heteroatoms. The van der Waals surface area contributed by atoms with E-state index in [0.717, 1.165) is 11.1 Å². The molecule has 88 valence electrons. The highest BCUT2D eigenvalue weighted by Crippen LogP contribution is 2.21. The monoisotopic (exact) mass is 238 g/mol. The van der Waals surface area contributed by atoms with Crippen molar-refractivity contribution in [2.24, 2.45) is 0 Å². The first-order valence-electron chi connectivity index (χ1n) is 5.45. The van der Waals surface area contributed by atoms with Crippen molar-refractivity contribution in [3.8, 4) is 28.5 Å². The second kappa shape index (κ2) is 4.29. The lowest BCUT2D eigenvalue weighted by Crippen LogP contribution is -1.81. The Labute approximate surface area is 103 Å². The molecule has 3 rings (SSSR count). The highest BCUT2D eigenvalue weighted by atomic mass is 16.3. The van der Waals surface area contributed by atoms with Gasteiger partial charge < -0.3 is 5.11 Å². The Morgan fingerprint density at radius 3 is 2.33 bits per heavy atom. The molecule has 5 nitrogen and oxygen atoms in total. The molecular weight excluding hydrogens is 228 g/mol. The third-order valence-corrected chi connectivity index (χ3v) is 2.56. The number of nitrogens with one attached hydrogen (secondary N) is 1. The second-order valence-electron chi connectivity index (χ2n) is 3.79. The molecule has 0 bridgehead atoms. The lowest BCUT2D eigenvalue weighted by atomic mass is 10.2. The zero-order valence-electron chi connectivity index (χ0n) is 9.41. The summed E-state index contributed by atoms with van der Waals surface area (Å²) >= 11 is 0. The summed E-state index contributed by atoms with van der Waals surface area (Å²) in [6, 6.07) is 10.5. The minimum atomic E-state index is 0.226. The van der Waals surface area contributed by atoms with Gasteiger partial charge in [0.1, 0.15) is 5.75 Å². The standard InChI is InChI=1S/C13H10N4O/c18-11-3-1-9(2-4-11)12-15-13(17-16-12)10-5-7-14-8-6-10/h1-8,18H,(H,15,16,17). The molecule has 0 fully saturated rings. The molecule has 0 aliphatic carbocycles. The lowest BCUT2D eigenvalue weighted by Gasteiger charge is -1.95. The number of phenols is 1. The fourth-order valence-electron chi connectivity index (χ4n) is 1.64. The lowest BCUT2D eigenvalue weighted by molar-refractivity contribution is 0.475. The number of aromatic nitrogens is 4. The van der Waals surface area contributed by atoms with Crippen LogP contribution < -0.4 is 0 Å². The molecule has 0 unspecified atom stereocenters.